The minimum Gasteiger partial charge on any atom is -0.464 e. The Morgan fingerprint density at radius 2 is 1.82 bits per heavy atom. The van der Waals surface area contributed by atoms with E-state index in [0.29, 0.717) is 30.4 Å². The van der Waals surface area contributed by atoms with Crippen LogP contribution in [0.5, 0.6) is 0 Å². The first-order valence-corrected chi connectivity index (χ1v) is 14.1. The summed E-state index contributed by atoms with van der Waals surface area (Å²) >= 11 is 0. The molecule has 0 fully saturated rings. The third kappa shape index (κ3) is 5.14. The third-order valence-electron chi connectivity index (χ3n) is 7.26. The lowest BCUT2D eigenvalue weighted by atomic mass is 9.84. The van der Waals surface area contributed by atoms with Crippen LogP contribution < -0.4 is 0 Å². The van der Waals surface area contributed by atoms with Crippen LogP contribution in [-0.4, -0.2) is 57.0 Å². The third-order valence-corrected chi connectivity index (χ3v) is 10.3. The Kier molecular flexibility index (Phi) is 7.24. The molecule has 1 aliphatic carbocycles. The van der Waals surface area contributed by atoms with Gasteiger partial charge < -0.3 is 9.84 Å². The summed E-state index contributed by atoms with van der Waals surface area (Å²) in [7, 11) is -4.17. The van der Waals surface area contributed by atoms with Crippen LogP contribution >= 0.6 is 0 Å². The Bertz CT molecular complexity index is 1310. The summed E-state index contributed by atoms with van der Waals surface area (Å²) in [6.07, 6.45) is -1.40. The van der Waals surface area contributed by atoms with E-state index in [-0.39, 0.29) is 22.4 Å². The number of rotatable bonds is 3. The summed E-state index contributed by atoms with van der Waals surface area (Å²) < 4.78 is 31.9. The number of hydrogen-bond acceptors (Lipinski definition) is 8. The van der Waals surface area contributed by atoms with Gasteiger partial charge in [-0.3, -0.25) is 15.1 Å². The molecule has 0 unspecified atom stereocenters. The van der Waals surface area contributed by atoms with Crippen LogP contribution in [0, 0.1) is 15.5 Å². The van der Waals surface area contributed by atoms with Crippen LogP contribution in [0.3, 0.4) is 0 Å². The number of imide groups is 1. The van der Waals surface area contributed by atoms with E-state index in [1.807, 2.05) is 20.8 Å². The maximum atomic E-state index is 14.1. The summed E-state index contributed by atoms with van der Waals surface area (Å²) in [4.78, 5) is 41.8. The predicted molar refractivity (Wildman–Crippen MR) is 142 cm³/mol. The number of amides is 2. The summed E-state index contributed by atoms with van der Waals surface area (Å²) in [5.41, 5.74) is -2.10. The van der Waals surface area contributed by atoms with Crippen molar-refractivity contribution >= 4 is 33.5 Å². The van der Waals surface area contributed by atoms with Gasteiger partial charge in [-0.25, -0.2) is 18.0 Å². The zero-order valence-electron chi connectivity index (χ0n) is 23.2. The van der Waals surface area contributed by atoms with E-state index in [9.17, 15) is 33.2 Å². The molecule has 0 radical (unpaired) electrons. The molecule has 1 N–H and O–H groups in total. The van der Waals surface area contributed by atoms with Gasteiger partial charge in [0.05, 0.1) is 10.2 Å². The van der Waals surface area contributed by atoms with Crippen molar-refractivity contribution in [2.75, 3.05) is 0 Å². The fourth-order valence-corrected chi connectivity index (χ4v) is 8.26. The van der Waals surface area contributed by atoms with E-state index in [0.717, 1.165) is 0 Å². The molecule has 0 saturated heterocycles. The van der Waals surface area contributed by atoms with Crippen LogP contribution in [0.2, 0.25) is 0 Å². The first-order valence-electron chi connectivity index (χ1n) is 12.5. The number of aliphatic imine (C=N–C) groups is 1. The number of hydrogen-bond donors (Lipinski definition) is 1. The molecule has 1 heterocycles. The number of aryl methyl sites for hydroxylation is 1. The molecule has 3 rings (SSSR count). The fourth-order valence-electron chi connectivity index (χ4n) is 5.90. The molecule has 0 bridgehead atoms. The maximum absolute atomic E-state index is 14.1. The van der Waals surface area contributed by atoms with Crippen molar-refractivity contribution in [3.05, 3.63) is 39.4 Å². The number of carbonyl (C=O) groups is 2. The molecule has 0 saturated carbocycles. The number of nitro groups is 1. The normalized spacial score (nSPS) is 24.2. The molecule has 11 nitrogen and oxygen atoms in total. The summed E-state index contributed by atoms with van der Waals surface area (Å²) in [6.45, 7) is 13.3. The number of nitrogens with zero attached hydrogens (tertiary/aromatic N) is 3. The highest BCUT2D eigenvalue weighted by Crippen LogP contribution is 2.49. The lowest BCUT2D eigenvalue weighted by Crippen LogP contribution is -2.63. The van der Waals surface area contributed by atoms with Crippen molar-refractivity contribution in [3.8, 4) is 0 Å². The lowest BCUT2D eigenvalue weighted by molar-refractivity contribution is -0.385. The van der Waals surface area contributed by atoms with E-state index in [4.69, 9.17) is 9.73 Å². The number of carboxylic acid groups (broad SMARTS) is 1. The van der Waals surface area contributed by atoms with Crippen molar-refractivity contribution in [2.45, 2.75) is 102 Å². The monoisotopic (exact) mass is 551 g/mol. The highest BCUT2D eigenvalue weighted by atomic mass is 32.2. The van der Waals surface area contributed by atoms with Crippen LogP contribution in [-0.2, 0) is 26.5 Å². The van der Waals surface area contributed by atoms with E-state index >= 15 is 0 Å². The molecule has 1 aliphatic heterocycles. The Morgan fingerprint density at radius 1 is 1.21 bits per heavy atom. The standard InChI is InChI=1S/C26H37N3O8S/c1-23(2,3)15-24(4,5)37-22(32)28(21(30)31)20-25(6,7)38(35,36)19-11-9-10-16-12-13-17(29(33)34)14-18(16)26(19,8)27-20/h12-14,19H,9-11,15H2,1-8H3,(H,30,31)/t19-,26+/m0/s1. The molecule has 2 aliphatic rings. The minimum atomic E-state index is -4.17. The quantitative estimate of drug-likeness (QED) is 0.384. The summed E-state index contributed by atoms with van der Waals surface area (Å²) in [5.74, 6) is -0.500. The molecule has 38 heavy (non-hydrogen) atoms. The average molecular weight is 552 g/mol. The zero-order chi connectivity index (χ0) is 29.1. The van der Waals surface area contributed by atoms with Crippen molar-refractivity contribution in [1.82, 2.24) is 4.90 Å². The van der Waals surface area contributed by atoms with Crippen LogP contribution in [0.15, 0.2) is 23.2 Å². The number of nitro benzene ring substituents is 1. The van der Waals surface area contributed by atoms with Gasteiger partial charge in [0.15, 0.2) is 9.84 Å². The van der Waals surface area contributed by atoms with Crippen LogP contribution in [0.1, 0.15) is 85.8 Å². The number of carbonyl (C=O) groups excluding carboxylic acids is 1. The largest absolute Gasteiger partial charge is 0.464 e. The van der Waals surface area contributed by atoms with Gasteiger partial charge in [-0.2, -0.15) is 4.90 Å². The van der Waals surface area contributed by atoms with Gasteiger partial charge in [-0.05, 0) is 76.8 Å². The summed E-state index contributed by atoms with van der Waals surface area (Å²) in [5, 5.41) is 20.6. The average Bonchev–Trinajstić information content (AvgIpc) is 2.86. The molecular weight excluding hydrogens is 514 g/mol. The van der Waals surface area contributed by atoms with E-state index in [2.05, 4.69) is 0 Å². The van der Waals surface area contributed by atoms with E-state index in [1.54, 1.807) is 19.9 Å². The first-order chi connectivity index (χ1) is 17.1. The molecular formula is C26H37N3O8S. The minimum absolute atomic E-state index is 0.220. The van der Waals surface area contributed by atoms with Crippen molar-refractivity contribution in [2.24, 2.45) is 10.4 Å². The predicted octanol–water partition coefficient (Wildman–Crippen LogP) is 5.45. The number of ether oxygens (including phenoxy) is 1. The molecule has 2 amide bonds. The Labute approximate surface area is 223 Å². The lowest BCUT2D eigenvalue weighted by Gasteiger charge is -2.46. The Balaban J connectivity index is 2.26. The second-order valence-corrected chi connectivity index (χ2v) is 15.3. The number of fused-ring (bicyclic) bond motifs is 3. The Hall–Kier alpha value is -3.02. The molecule has 1 aromatic carbocycles. The van der Waals surface area contributed by atoms with Gasteiger partial charge in [-0.1, -0.05) is 26.8 Å². The van der Waals surface area contributed by atoms with Gasteiger partial charge in [0.2, 0.25) is 0 Å². The molecule has 0 aromatic heterocycles. The highest BCUT2D eigenvalue weighted by Gasteiger charge is 2.60. The molecule has 1 aromatic rings. The van der Waals surface area contributed by atoms with Crippen molar-refractivity contribution in [1.29, 1.82) is 0 Å². The highest BCUT2D eigenvalue weighted by molar-refractivity contribution is 7.94. The fraction of sp³-hybridized carbons (Fsp3) is 0.654. The number of non-ortho nitro benzene ring substituents is 1. The van der Waals surface area contributed by atoms with Gasteiger partial charge in [0.25, 0.3) is 5.69 Å². The summed E-state index contributed by atoms with van der Waals surface area (Å²) in [6, 6.07) is 4.24. The van der Waals surface area contributed by atoms with Crippen molar-refractivity contribution < 1.29 is 32.8 Å². The van der Waals surface area contributed by atoms with Crippen LogP contribution in [0.4, 0.5) is 15.3 Å². The number of sulfone groups is 1. The molecule has 210 valence electrons. The second-order valence-electron chi connectivity index (χ2n) is 12.6. The zero-order valence-corrected chi connectivity index (χ0v) is 24.0. The molecule has 2 atom stereocenters. The smallest absolute Gasteiger partial charge is 0.425 e. The van der Waals surface area contributed by atoms with Crippen LogP contribution in [0.25, 0.3) is 0 Å². The van der Waals surface area contributed by atoms with Gasteiger partial charge in [0.1, 0.15) is 21.7 Å². The van der Waals surface area contributed by atoms with Crippen molar-refractivity contribution in [3.63, 3.8) is 0 Å². The SMILES string of the molecule is CC(C)(C)CC(C)(C)OC(=O)N(C(=O)O)C1=N[C@]2(C)c3cc([N+](=O)[O-])ccc3CCC[C@@H]2S(=O)(=O)C1(C)C. The van der Waals surface area contributed by atoms with Gasteiger partial charge in [0, 0.05) is 12.1 Å². The first kappa shape index (κ1) is 29.5. The topological polar surface area (TPSA) is 156 Å². The van der Waals surface area contributed by atoms with E-state index < -0.39 is 53.9 Å². The second kappa shape index (κ2) is 9.32. The molecule has 12 heteroatoms. The number of amidine groups is 1. The van der Waals surface area contributed by atoms with Gasteiger partial charge in [-0.15, -0.1) is 0 Å². The van der Waals surface area contributed by atoms with E-state index in [1.165, 1.54) is 32.9 Å². The van der Waals surface area contributed by atoms with Gasteiger partial charge >= 0.3 is 12.2 Å². The molecule has 0 spiro atoms. The number of benzene rings is 1. The maximum Gasteiger partial charge on any atom is 0.425 e. The Morgan fingerprint density at radius 3 is 2.34 bits per heavy atom.